The number of thioether (sulfide) groups is 1. The molecule has 6 heteroatoms. The van der Waals surface area contributed by atoms with E-state index >= 15 is 0 Å². The molecule has 0 saturated heterocycles. The molecule has 0 heterocycles. The van der Waals surface area contributed by atoms with Gasteiger partial charge in [0.2, 0.25) is 5.91 Å². The maximum Gasteiger partial charge on any atom is 0.328 e. The minimum absolute atomic E-state index is 0.0501. The molecule has 0 radical (unpaired) electrons. The molecular weight excluding hydrogens is 242 g/mol. The van der Waals surface area contributed by atoms with E-state index < -0.39 is 12.0 Å². The molecule has 0 saturated carbocycles. The smallest absolute Gasteiger partial charge is 0.328 e. The van der Waals surface area contributed by atoms with Crippen LogP contribution in [-0.2, 0) is 14.3 Å². The molecule has 0 aromatic carbocycles. The van der Waals surface area contributed by atoms with Crippen molar-refractivity contribution in [3.05, 3.63) is 12.7 Å². The zero-order valence-electron chi connectivity index (χ0n) is 9.98. The summed E-state index contributed by atoms with van der Waals surface area (Å²) in [6, 6.07) is -0.996. The molecule has 1 atom stereocenters. The third-order valence-corrected chi connectivity index (χ3v) is 2.90. The fourth-order valence-electron chi connectivity index (χ4n) is 0.989. The lowest BCUT2D eigenvalue weighted by Gasteiger charge is -2.14. The second-order valence-electron chi connectivity index (χ2n) is 3.34. The number of hydrogen-bond donors (Lipinski definition) is 2. The maximum atomic E-state index is 11.4. The van der Waals surface area contributed by atoms with Crippen LogP contribution in [0.4, 0.5) is 0 Å². The highest BCUT2D eigenvalue weighted by molar-refractivity contribution is 7.99. The predicted molar refractivity (Wildman–Crippen MR) is 68.2 cm³/mol. The van der Waals surface area contributed by atoms with Gasteiger partial charge in [0, 0.05) is 0 Å². The van der Waals surface area contributed by atoms with Crippen LogP contribution in [0.25, 0.3) is 0 Å². The number of carboxylic acids is 1. The van der Waals surface area contributed by atoms with Crippen molar-refractivity contribution in [3.63, 3.8) is 0 Å². The summed E-state index contributed by atoms with van der Waals surface area (Å²) in [6.45, 7) is 5.69. The number of carbonyl (C=O) groups excluding carboxylic acids is 1. The highest BCUT2D eigenvalue weighted by atomic mass is 32.2. The average Bonchev–Trinajstić information content (AvgIpc) is 2.28. The molecule has 1 unspecified atom stereocenters. The van der Waals surface area contributed by atoms with Crippen LogP contribution in [0.3, 0.4) is 0 Å². The molecule has 98 valence electrons. The van der Waals surface area contributed by atoms with Gasteiger partial charge in [-0.05, 0) is 12.2 Å². The topological polar surface area (TPSA) is 75.6 Å². The van der Waals surface area contributed by atoms with Crippen LogP contribution in [0.1, 0.15) is 13.3 Å². The monoisotopic (exact) mass is 261 g/mol. The molecule has 0 aliphatic heterocycles. The van der Waals surface area contributed by atoms with Crippen molar-refractivity contribution < 1.29 is 19.4 Å². The summed E-state index contributed by atoms with van der Waals surface area (Å²) in [5, 5.41) is 11.3. The molecule has 0 bridgehead atoms. The van der Waals surface area contributed by atoms with Gasteiger partial charge in [-0.3, -0.25) is 4.79 Å². The highest BCUT2D eigenvalue weighted by Gasteiger charge is 2.19. The molecule has 0 aliphatic carbocycles. The fourth-order valence-corrected chi connectivity index (χ4v) is 1.69. The molecule has 0 aromatic heterocycles. The first-order valence-corrected chi connectivity index (χ1v) is 6.55. The first-order valence-electron chi connectivity index (χ1n) is 5.40. The molecule has 1 amide bonds. The Bertz CT molecular complexity index is 258. The largest absolute Gasteiger partial charge is 0.480 e. The molecule has 0 rings (SSSR count). The average molecular weight is 261 g/mol. The third kappa shape index (κ3) is 8.76. The van der Waals surface area contributed by atoms with Crippen molar-refractivity contribution in [2.75, 3.05) is 24.7 Å². The van der Waals surface area contributed by atoms with Crippen molar-refractivity contribution >= 4 is 23.6 Å². The lowest BCUT2D eigenvalue weighted by molar-refractivity contribution is -0.143. The molecule has 0 aromatic rings. The number of rotatable bonds is 10. The van der Waals surface area contributed by atoms with Crippen LogP contribution in [0.2, 0.25) is 0 Å². The Morgan fingerprint density at radius 1 is 1.59 bits per heavy atom. The minimum Gasteiger partial charge on any atom is -0.480 e. The number of carbonyl (C=O) groups is 2. The van der Waals surface area contributed by atoms with Gasteiger partial charge in [-0.25, -0.2) is 4.79 Å². The lowest BCUT2D eigenvalue weighted by Crippen LogP contribution is -2.44. The normalized spacial score (nSPS) is 11.8. The predicted octanol–water partition coefficient (Wildman–Crippen LogP) is 0.902. The molecule has 0 aliphatic rings. The Kier molecular flexibility index (Phi) is 9.56. The Labute approximate surface area is 106 Å². The lowest BCUT2D eigenvalue weighted by atomic mass is 10.3. The van der Waals surface area contributed by atoms with Crippen molar-refractivity contribution in [1.29, 1.82) is 0 Å². The Balaban J connectivity index is 3.93. The van der Waals surface area contributed by atoms with Crippen LogP contribution in [0.5, 0.6) is 0 Å². The third-order valence-electron chi connectivity index (χ3n) is 1.74. The summed E-state index contributed by atoms with van der Waals surface area (Å²) in [7, 11) is 0. The molecule has 17 heavy (non-hydrogen) atoms. The summed E-state index contributed by atoms with van der Waals surface area (Å²) < 4.78 is 5.01. The molecule has 2 N–H and O–H groups in total. The molecule has 0 fully saturated rings. The van der Waals surface area contributed by atoms with Gasteiger partial charge in [-0.1, -0.05) is 13.0 Å². The van der Waals surface area contributed by atoms with Crippen LogP contribution < -0.4 is 5.32 Å². The number of amides is 1. The van der Waals surface area contributed by atoms with E-state index in [4.69, 9.17) is 9.84 Å². The van der Waals surface area contributed by atoms with Gasteiger partial charge in [0.15, 0.2) is 6.04 Å². The standard InChI is InChI=1S/C11H19NO4S/c1-3-5-16-7-9(11(14)15)12-10(13)8-17-6-4-2/h3,9H,1,4-8H2,2H3,(H,12,13)(H,14,15). The second-order valence-corrected chi connectivity index (χ2v) is 4.44. The summed E-state index contributed by atoms with van der Waals surface area (Å²) in [5.41, 5.74) is 0. The summed E-state index contributed by atoms with van der Waals surface area (Å²) in [6.07, 6.45) is 2.51. The van der Waals surface area contributed by atoms with Gasteiger partial charge >= 0.3 is 5.97 Å². The van der Waals surface area contributed by atoms with E-state index in [-0.39, 0.29) is 24.9 Å². The van der Waals surface area contributed by atoms with Crippen molar-refractivity contribution in [1.82, 2.24) is 5.32 Å². The van der Waals surface area contributed by atoms with Crippen LogP contribution in [0.15, 0.2) is 12.7 Å². The number of aliphatic carboxylic acids is 1. The summed E-state index contributed by atoms with van der Waals surface area (Å²) in [5.74, 6) is -0.210. The number of hydrogen-bond acceptors (Lipinski definition) is 4. The molecule has 5 nitrogen and oxygen atoms in total. The van der Waals surface area contributed by atoms with E-state index in [0.29, 0.717) is 0 Å². The van der Waals surface area contributed by atoms with Crippen LogP contribution in [-0.4, -0.2) is 47.7 Å². The van der Waals surface area contributed by atoms with Gasteiger partial charge < -0.3 is 15.2 Å². The molecular formula is C11H19NO4S. The van der Waals surface area contributed by atoms with Gasteiger partial charge in [0.05, 0.1) is 19.0 Å². The van der Waals surface area contributed by atoms with Crippen molar-refractivity contribution in [2.45, 2.75) is 19.4 Å². The zero-order chi connectivity index (χ0) is 13.1. The van der Waals surface area contributed by atoms with Gasteiger partial charge in [0.1, 0.15) is 0 Å². The highest BCUT2D eigenvalue weighted by Crippen LogP contribution is 2.01. The number of nitrogens with one attached hydrogen (secondary N) is 1. The van der Waals surface area contributed by atoms with Crippen molar-refractivity contribution in [3.8, 4) is 0 Å². The van der Waals surface area contributed by atoms with Gasteiger partial charge in [0.25, 0.3) is 0 Å². The Morgan fingerprint density at radius 2 is 2.29 bits per heavy atom. The van der Waals surface area contributed by atoms with Gasteiger partial charge in [-0.15, -0.1) is 6.58 Å². The number of ether oxygens (including phenoxy) is 1. The first kappa shape index (κ1) is 16.0. The van der Waals surface area contributed by atoms with E-state index in [1.807, 2.05) is 6.92 Å². The van der Waals surface area contributed by atoms with Crippen LogP contribution in [0, 0.1) is 0 Å². The van der Waals surface area contributed by atoms with Gasteiger partial charge in [-0.2, -0.15) is 11.8 Å². The summed E-state index contributed by atoms with van der Waals surface area (Å²) in [4.78, 5) is 22.2. The first-order chi connectivity index (χ1) is 8.11. The minimum atomic E-state index is -1.09. The zero-order valence-corrected chi connectivity index (χ0v) is 10.8. The molecule has 0 spiro atoms. The van der Waals surface area contributed by atoms with Crippen molar-refractivity contribution in [2.24, 2.45) is 0 Å². The van der Waals surface area contributed by atoms with E-state index in [0.717, 1.165) is 12.2 Å². The fraction of sp³-hybridized carbons (Fsp3) is 0.636. The van der Waals surface area contributed by atoms with E-state index in [1.54, 1.807) is 0 Å². The van der Waals surface area contributed by atoms with E-state index in [9.17, 15) is 9.59 Å². The Morgan fingerprint density at radius 3 is 2.82 bits per heavy atom. The SMILES string of the molecule is C=CCOCC(NC(=O)CSCCC)C(=O)O. The van der Waals surface area contributed by atoms with E-state index in [1.165, 1.54) is 17.8 Å². The second kappa shape index (κ2) is 10.2. The quantitative estimate of drug-likeness (QED) is 0.451. The summed E-state index contributed by atoms with van der Waals surface area (Å²) >= 11 is 1.48. The maximum absolute atomic E-state index is 11.4. The van der Waals surface area contributed by atoms with Crippen LogP contribution >= 0.6 is 11.8 Å². The Hall–Kier alpha value is -1.01. The number of carboxylic acid groups (broad SMARTS) is 1. The van der Waals surface area contributed by atoms with E-state index in [2.05, 4.69) is 11.9 Å².